The molecule has 96 valence electrons. The zero-order chi connectivity index (χ0) is 13.5. The lowest BCUT2D eigenvalue weighted by Crippen LogP contribution is -2.16. The smallest absolute Gasteiger partial charge is 0.306 e. The van der Waals surface area contributed by atoms with Crippen molar-refractivity contribution in [1.82, 2.24) is 4.57 Å². The van der Waals surface area contributed by atoms with Crippen LogP contribution in [0.4, 0.5) is 0 Å². The van der Waals surface area contributed by atoms with Gasteiger partial charge in [0.2, 0.25) is 11.2 Å². The fourth-order valence-corrected chi connectivity index (χ4v) is 2.23. The average molecular weight is 267 g/mol. The maximum atomic E-state index is 12.1. The Hall–Kier alpha value is -1.82. The Kier molecular flexibility index (Phi) is 2.90. The van der Waals surface area contributed by atoms with Gasteiger partial charge >= 0.3 is 10.1 Å². The average Bonchev–Trinajstić information content (AvgIpc) is 2.23. The monoisotopic (exact) mass is 267 g/mol. The second kappa shape index (κ2) is 4.13. The first kappa shape index (κ1) is 12.6. The summed E-state index contributed by atoms with van der Waals surface area (Å²) in [7, 11) is -1.97. The van der Waals surface area contributed by atoms with Crippen LogP contribution in [-0.4, -0.2) is 19.2 Å². The Morgan fingerprint density at radius 2 is 1.94 bits per heavy atom. The first-order chi connectivity index (χ1) is 8.28. The lowest BCUT2D eigenvalue weighted by atomic mass is 10.1. The lowest BCUT2D eigenvalue weighted by molar-refractivity contribution is 0.488. The van der Waals surface area contributed by atoms with Crippen LogP contribution in [0.15, 0.2) is 29.2 Å². The third-order valence-corrected chi connectivity index (χ3v) is 3.04. The molecule has 0 saturated heterocycles. The Bertz CT molecular complexity index is 774. The van der Waals surface area contributed by atoms with E-state index in [9.17, 15) is 13.2 Å². The first-order valence-corrected chi connectivity index (χ1v) is 7.09. The van der Waals surface area contributed by atoms with Crippen LogP contribution in [0.1, 0.15) is 5.56 Å². The van der Waals surface area contributed by atoms with Crippen molar-refractivity contribution in [3.05, 3.63) is 40.2 Å². The molecule has 1 aromatic heterocycles. The topological polar surface area (TPSA) is 65.4 Å². The zero-order valence-corrected chi connectivity index (χ0v) is 11.1. The molecule has 1 aromatic carbocycles. The van der Waals surface area contributed by atoms with Gasteiger partial charge in [-0.1, -0.05) is 6.07 Å². The number of hydrogen-bond acceptors (Lipinski definition) is 4. The maximum absolute atomic E-state index is 12.1. The number of rotatable bonds is 2. The van der Waals surface area contributed by atoms with Gasteiger partial charge in [0.25, 0.3) is 0 Å². The Morgan fingerprint density at radius 3 is 2.56 bits per heavy atom. The molecule has 0 aliphatic rings. The molecule has 0 saturated carbocycles. The van der Waals surface area contributed by atoms with Gasteiger partial charge in [-0.15, -0.1) is 0 Å². The molecular weight excluding hydrogens is 254 g/mol. The summed E-state index contributed by atoms with van der Waals surface area (Å²) in [4.78, 5) is 12.1. The van der Waals surface area contributed by atoms with Gasteiger partial charge in [0.1, 0.15) is 0 Å². The summed E-state index contributed by atoms with van der Waals surface area (Å²) in [6, 6.07) is 5.33. The molecule has 0 spiro atoms. The minimum atomic E-state index is -3.71. The van der Waals surface area contributed by atoms with Crippen molar-refractivity contribution in [1.29, 1.82) is 0 Å². The van der Waals surface area contributed by atoms with E-state index in [4.69, 9.17) is 4.18 Å². The van der Waals surface area contributed by atoms with Crippen molar-refractivity contribution < 1.29 is 12.6 Å². The summed E-state index contributed by atoms with van der Waals surface area (Å²) >= 11 is 0. The molecule has 0 radical (unpaired) electrons. The molecule has 0 unspecified atom stereocenters. The van der Waals surface area contributed by atoms with E-state index in [-0.39, 0.29) is 5.75 Å². The zero-order valence-electron chi connectivity index (χ0n) is 10.3. The Balaban J connectivity index is 2.77. The first-order valence-electron chi connectivity index (χ1n) is 5.27. The van der Waals surface area contributed by atoms with E-state index in [2.05, 4.69) is 0 Å². The number of aromatic nitrogens is 1. The van der Waals surface area contributed by atoms with Crippen LogP contribution < -0.4 is 9.61 Å². The molecule has 0 aliphatic carbocycles. The highest BCUT2D eigenvalue weighted by atomic mass is 32.2. The summed E-state index contributed by atoms with van der Waals surface area (Å²) in [5, 5.41) is 0.434. The van der Waals surface area contributed by atoms with E-state index >= 15 is 0 Å². The quantitative estimate of drug-likeness (QED) is 0.766. The van der Waals surface area contributed by atoms with Crippen molar-refractivity contribution in [2.45, 2.75) is 6.92 Å². The number of aryl methyl sites for hydroxylation is 2. The van der Waals surface area contributed by atoms with Crippen LogP contribution >= 0.6 is 0 Å². The minimum absolute atomic E-state index is 0.184. The number of benzene rings is 1. The molecule has 18 heavy (non-hydrogen) atoms. The van der Waals surface area contributed by atoms with Crippen molar-refractivity contribution in [2.24, 2.45) is 7.05 Å². The number of hydrogen-bond donors (Lipinski definition) is 0. The SMILES string of the molecule is Cc1ccc2c(=O)c(OS(C)(=O)=O)cn(C)c2c1. The van der Waals surface area contributed by atoms with Crippen molar-refractivity contribution >= 4 is 21.0 Å². The molecule has 6 heteroatoms. The molecule has 0 bridgehead atoms. The van der Waals surface area contributed by atoms with Gasteiger partial charge in [0.05, 0.1) is 18.0 Å². The fraction of sp³-hybridized carbons (Fsp3) is 0.250. The highest BCUT2D eigenvalue weighted by Crippen LogP contribution is 2.16. The molecule has 0 fully saturated rings. The molecule has 2 aromatic rings. The molecule has 0 aliphatic heterocycles. The van der Waals surface area contributed by atoms with E-state index in [1.165, 1.54) is 6.20 Å². The summed E-state index contributed by atoms with van der Waals surface area (Å²) in [6.45, 7) is 1.92. The highest BCUT2D eigenvalue weighted by Gasteiger charge is 2.12. The van der Waals surface area contributed by atoms with Crippen LogP contribution in [0.25, 0.3) is 10.9 Å². The van der Waals surface area contributed by atoms with E-state index in [0.717, 1.165) is 17.3 Å². The molecule has 1 heterocycles. The normalized spacial score (nSPS) is 11.7. The third kappa shape index (κ3) is 2.38. The predicted octanol–water partition coefficient (Wildman–Crippen LogP) is 1.19. The third-order valence-electron chi connectivity index (χ3n) is 2.55. The summed E-state index contributed by atoms with van der Waals surface area (Å²) in [5.41, 5.74) is 1.34. The van der Waals surface area contributed by atoms with E-state index in [1.807, 2.05) is 13.0 Å². The van der Waals surface area contributed by atoms with Crippen LogP contribution in [0.5, 0.6) is 5.75 Å². The summed E-state index contributed by atoms with van der Waals surface area (Å²) in [6.07, 6.45) is 2.29. The van der Waals surface area contributed by atoms with Crippen molar-refractivity contribution in [3.8, 4) is 5.75 Å². The van der Waals surface area contributed by atoms with Gasteiger partial charge in [0, 0.05) is 12.4 Å². The summed E-state index contributed by atoms with van der Waals surface area (Å²) < 4.78 is 28.5. The molecule has 5 nitrogen and oxygen atoms in total. The van der Waals surface area contributed by atoms with Crippen molar-refractivity contribution in [2.75, 3.05) is 6.26 Å². The van der Waals surface area contributed by atoms with Crippen LogP contribution in [0.2, 0.25) is 0 Å². The number of fused-ring (bicyclic) bond motifs is 1. The second-order valence-corrected chi connectivity index (χ2v) is 5.82. The standard InChI is InChI=1S/C12H13NO4S/c1-8-4-5-9-10(6-8)13(2)7-11(12(9)14)17-18(3,15)16/h4-7H,1-3H3. The largest absolute Gasteiger partial charge is 0.377 e. The van der Waals surface area contributed by atoms with Gasteiger partial charge in [-0.05, 0) is 24.6 Å². The minimum Gasteiger partial charge on any atom is -0.377 e. The molecule has 0 atom stereocenters. The highest BCUT2D eigenvalue weighted by molar-refractivity contribution is 7.86. The van der Waals surface area contributed by atoms with E-state index in [0.29, 0.717) is 5.39 Å². The van der Waals surface area contributed by atoms with Crippen LogP contribution in [0, 0.1) is 6.92 Å². The van der Waals surface area contributed by atoms with Gasteiger partial charge in [-0.3, -0.25) is 4.79 Å². The second-order valence-electron chi connectivity index (χ2n) is 4.24. The molecule has 2 rings (SSSR count). The van der Waals surface area contributed by atoms with E-state index in [1.54, 1.807) is 23.7 Å². The van der Waals surface area contributed by atoms with Crippen LogP contribution in [0.3, 0.4) is 0 Å². The van der Waals surface area contributed by atoms with Gasteiger partial charge < -0.3 is 8.75 Å². The maximum Gasteiger partial charge on any atom is 0.306 e. The molecule has 0 N–H and O–H groups in total. The van der Waals surface area contributed by atoms with Crippen LogP contribution in [-0.2, 0) is 17.2 Å². The predicted molar refractivity (Wildman–Crippen MR) is 69.4 cm³/mol. The fourth-order valence-electron chi connectivity index (χ4n) is 1.78. The van der Waals surface area contributed by atoms with Gasteiger partial charge in [0.15, 0.2) is 0 Å². The van der Waals surface area contributed by atoms with Crippen molar-refractivity contribution in [3.63, 3.8) is 0 Å². The Labute approximate surface area is 105 Å². The van der Waals surface area contributed by atoms with Gasteiger partial charge in [-0.25, -0.2) is 0 Å². The van der Waals surface area contributed by atoms with Gasteiger partial charge in [-0.2, -0.15) is 8.42 Å². The number of nitrogens with zero attached hydrogens (tertiary/aromatic N) is 1. The Morgan fingerprint density at radius 1 is 1.28 bits per heavy atom. The molecule has 0 amide bonds. The molecular formula is C12H13NO4S. The lowest BCUT2D eigenvalue weighted by Gasteiger charge is -2.09. The number of pyridine rings is 1. The van der Waals surface area contributed by atoms with E-state index < -0.39 is 15.5 Å². The summed E-state index contributed by atoms with van der Waals surface area (Å²) in [5.74, 6) is -0.184.